The third-order valence-electron chi connectivity index (χ3n) is 4.03. The maximum atomic E-state index is 12.7. The molecule has 0 fully saturated rings. The number of pyridine rings is 1. The number of rotatable bonds is 3. The first-order valence-corrected chi connectivity index (χ1v) is 9.16. The van der Waals surface area contributed by atoms with E-state index >= 15 is 0 Å². The van der Waals surface area contributed by atoms with Gasteiger partial charge in [-0.2, -0.15) is 13.2 Å². The van der Waals surface area contributed by atoms with Crippen molar-refractivity contribution in [1.82, 2.24) is 9.71 Å². The van der Waals surface area contributed by atoms with Crippen LogP contribution in [0.15, 0.2) is 36.7 Å². The summed E-state index contributed by atoms with van der Waals surface area (Å²) in [4.78, 5) is 4.13. The van der Waals surface area contributed by atoms with Crippen molar-refractivity contribution >= 4 is 10.0 Å². The quantitative estimate of drug-likeness (QED) is 0.918. The fraction of sp³-hybridized carbons (Fsp3) is 0.312. The van der Waals surface area contributed by atoms with Crippen LogP contribution in [0.1, 0.15) is 29.2 Å². The van der Waals surface area contributed by atoms with Gasteiger partial charge in [-0.05, 0) is 41.7 Å². The Bertz CT molecular complexity index is 862. The summed E-state index contributed by atoms with van der Waals surface area (Å²) in [5.41, 5.74) is 2.36. The van der Waals surface area contributed by atoms with E-state index in [1.54, 1.807) is 12.4 Å². The fourth-order valence-electron chi connectivity index (χ4n) is 3.00. The summed E-state index contributed by atoms with van der Waals surface area (Å²) in [5.74, 6) is 0. The van der Waals surface area contributed by atoms with Crippen LogP contribution >= 0.6 is 0 Å². The summed E-state index contributed by atoms with van der Waals surface area (Å²) in [6, 6.07) is 4.55. The number of aromatic nitrogens is 1. The standard InChI is InChI=1S/C16H15F3N2O2S/c1-24(22,23)21-15-7-6-12-13(8-20-9-14(12)15)10-2-4-11(5-3-10)16(17,18)19/h2-5,8-9,15,21H,6-7H2,1H3. The smallest absolute Gasteiger partial charge is 0.264 e. The summed E-state index contributed by atoms with van der Waals surface area (Å²) in [6.45, 7) is 0. The molecule has 1 aromatic carbocycles. The van der Waals surface area contributed by atoms with Gasteiger partial charge in [0.1, 0.15) is 0 Å². The van der Waals surface area contributed by atoms with Crippen LogP contribution in [0.2, 0.25) is 0 Å². The van der Waals surface area contributed by atoms with Gasteiger partial charge in [-0.3, -0.25) is 4.98 Å². The number of hydrogen-bond acceptors (Lipinski definition) is 3. The van der Waals surface area contributed by atoms with Gasteiger partial charge < -0.3 is 0 Å². The molecule has 8 heteroatoms. The molecule has 1 aliphatic carbocycles. The molecule has 0 saturated heterocycles. The van der Waals surface area contributed by atoms with E-state index in [1.807, 2.05) is 0 Å². The van der Waals surface area contributed by atoms with Gasteiger partial charge in [0.2, 0.25) is 10.0 Å². The molecular weight excluding hydrogens is 341 g/mol. The van der Waals surface area contributed by atoms with Crippen LogP contribution in [0, 0.1) is 0 Å². The van der Waals surface area contributed by atoms with Gasteiger partial charge in [0.15, 0.2) is 0 Å². The highest BCUT2D eigenvalue weighted by atomic mass is 32.2. The molecule has 0 bridgehead atoms. The lowest BCUT2D eigenvalue weighted by Crippen LogP contribution is -2.25. The second kappa shape index (κ2) is 5.86. The normalized spacial score (nSPS) is 17.8. The molecule has 24 heavy (non-hydrogen) atoms. The van der Waals surface area contributed by atoms with Crippen LogP contribution in [0.3, 0.4) is 0 Å². The molecule has 128 valence electrons. The minimum Gasteiger partial charge on any atom is -0.264 e. The Hall–Kier alpha value is -1.93. The molecule has 0 saturated carbocycles. The van der Waals surface area contributed by atoms with E-state index < -0.39 is 21.8 Å². The maximum absolute atomic E-state index is 12.7. The monoisotopic (exact) mass is 356 g/mol. The van der Waals surface area contributed by atoms with E-state index in [9.17, 15) is 21.6 Å². The summed E-state index contributed by atoms with van der Waals surface area (Å²) in [7, 11) is -3.35. The highest BCUT2D eigenvalue weighted by Crippen LogP contribution is 2.38. The SMILES string of the molecule is CS(=O)(=O)NC1CCc2c(-c3ccc(C(F)(F)F)cc3)cncc21. The lowest BCUT2D eigenvalue weighted by atomic mass is 9.98. The third kappa shape index (κ3) is 3.44. The van der Waals surface area contributed by atoms with Gasteiger partial charge >= 0.3 is 6.18 Å². The zero-order valence-electron chi connectivity index (χ0n) is 12.8. The predicted molar refractivity (Wildman–Crippen MR) is 83.7 cm³/mol. The summed E-state index contributed by atoms with van der Waals surface area (Å²) in [6.07, 6.45) is 1.17. The highest BCUT2D eigenvalue weighted by Gasteiger charge is 2.31. The minimum atomic E-state index is -4.38. The molecule has 2 aromatic rings. The van der Waals surface area contributed by atoms with Crippen LogP contribution in [-0.2, 0) is 22.6 Å². The maximum Gasteiger partial charge on any atom is 0.416 e. The van der Waals surface area contributed by atoms with Crippen molar-refractivity contribution in [3.8, 4) is 11.1 Å². The number of alkyl halides is 3. The van der Waals surface area contributed by atoms with Gasteiger partial charge in [0, 0.05) is 24.0 Å². The molecule has 1 aliphatic rings. The summed E-state index contributed by atoms with van der Waals surface area (Å²) in [5, 5.41) is 0. The molecule has 0 amide bonds. The number of nitrogens with one attached hydrogen (secondary N) is 1. The Morgan fingerprint density at radius 3 is 2.42 bits per heavy atom. The first-order valence-electron chi connectivity index (χ1n) is 7.27. The molecule has 1 N–H and O–H groups in total. The van der Waals surface area contributed by atoms with E-state index in [0.29, 0.717) is 18.4 Å². The van der Waals surface area contributed by atoms with Gasteiger partial charge in [-0.25, -0.2) is 13.1 Å². The van der Waals surface area contributed by atoms with Gasteiger partial charge in [-0.15, -0.1) is 0 Å². The number of sulfonamides is 1. The van der Waals surface area contributed by atoms with E-state index in [4.69, 9.17) is 0 Å². The molecule has 0 spiro atoms. The van der Waals surface area contributed by atoms with Gasteiger partial charge in [0.25, 0.3) is 0 Å². The Balaban J connectivity index is 1.97. The van der Waals surface area contributed by atoms with Crippen molar-refractivity contribution in [1.29, 1.82) is 0 Å². The van der Waals surface area contributed by atoms with Crippen LogP contribution < -0.4 is 4.72 Å². The van der Waals surface area contributed by atoms with E-state index in [2.05, 4.69) is 9.71 Å². The largest absolute Gasteiger partial charge is 0.416 e. The molecule has 1 aromatic heterocycles. The molecule has 0 aliphatic heterocycles. The van der Waals surface area contributed by atoms with Crippen LogP contribution in [-0.4, -0.2) is 19.7 Å². The van der Waals surface area contributed by atoms with Crippen LogP contribution in [0.25, 0.3) is 11.1 Å². The second-order valence-electron chi connectivity index (χ2n) is 5.81. The van der Waals surface area contributed by atoms with Crippen molar-refractivity contribution in [3.05, 3.63) is 53.3 Å². The third-order valence-corrected chi connectivity index (χ3v) is 4.74. The Morgan fingerprint density at radius 1 is 1.17 bits per heavy atom. The Kier molecular flexibility index (Phi) is 4.13. The topological polar surface area (TPSA) is 59.1 Å². The zero-order valence-corrected chi connectivity index (χ0v) is 13.6. The number of hydrogen-bond donors (Lipinski definition) is 1. The number of halogens is 3. The first kappa shape index (κ1) is 16.9. The van der Waals surface area contributed by atoms with Crippen molar-refractivity contribution in [3.63, 3.8) is 0 Å². The lowest BCUT2D eigenvalue weighted by molar-refractivity contribution is -0.137. The average molecular weight is 356 g/mol. The molecule has 4 nitrogen and oxygen atoms in total. The predicted octanol–water partition coefficient (Wildman–Crippen LogP) is 3.30. The van der Waals surface area contributed by atoms with E-state index in [-0.39, 0.29) is 6.04 Å². The molecular formula is C16H15F3N2O2S. The summed E-state index contributed by atoms with van der Waals surface area (Å²) >= 11 is 0. The average Bonchev–Trinajstić information content (AvgIpc) is 2.88. The second-order valence-corrected chi connectivity index (χ2v) is 7.59. The Labute approximate surface area is 137 Å². The van der Waals surface area contributed by atoms with E-state index in [1.165, 1.54) is 12.1 Å². The van der Waals surface area contributed by atoms with E-state index in [0.717, 1.165) is 35.1 Å². The van der Waals surface area contributed by atoms with Gasteiger partial charge in [0.05, 0.1) is 11.8 Å². The highest BCUT2D eigenvalue weighted by molar-refractivity contribution is 7.88. The lowest BCUT2D eigenvalue weighted by Gasteiger charge is -2.13. The van der Waals surface area contributed by atoms with Crippen LogP contribution in [0.5, 0.6) is 0 Å². The zero-order chi connectivity index (χ0) is 17.5. The van der Waals surface area contributed by atoms with Crippen molar-refractivity contribution in [2.45, 2.75) is 25.1 Å². The molecule has 1 heterocycles. The minimum absolute atomic E-state index is 0.350. The number of benzene rings is 1. The number of fused-ring (bicyclic) bond motifs is 1. The van der Waals surface area contributed by atoms with Gasteiger partial charge in [-0.1, -0.05) is 12.1 Å². The number of nitrogens with zero attached hydrogens (tertiary/aromatic N) is 1. The first-order chi connectivity index (χ1) is 11.1. The molecule has 3 rings (SSSR count). The van der Waals surface area contributed by atoms with Crippen molar-refractivity contribution < 1.29 is 21.6 Å². The Morgan fingerprint density at radius 2 is 1.83 bits per heavy atom. The van der Waals surface area contributed by atoms with Crippen LogP contribution in [0.4, 0.5) is 13.2 Å². The van der Waals surface area contributed by atoms with Crippen molar-refractivity contribution in [2.24, 2.45) is 0 Å². The molecule has 0 radical (unpaired) electrons. The molecule has 1 unspecified atom stereocenters. The summed E-state index contributed by atoms with van der Waals surface area (Å²) < 4.78 is 63.5. The van der Waals surface area contributed by atoms with Crippen molar-refractivity contribution in [2.75, 3.05) is 6.26 Å². The molecule has 1 atom stereocenters. The fourth-order valence-corrected chi connectivity index (χ4v) is 3.76.